The summed E-state index contributed by atoms with van der Waals surface area (Å²) in [7, 11) is 0. The van der Waals surface area contributed by atoms with Crippen LogP contribution in [0, 0.1) is 0 Å². The van der Waals surface area contributed by atoms with Gasteiger partial charge in [0.25, 0.3) is 0 Å². The SMILES string of the molecule is CCCCCCCCc1ccc2c(c1)C(C)(C)c1cc(Br)ccc1-2. The molecule has 2 aromatic carbocycles. The van der Waals surface area contributed by atoms with E-state index < -0.39 is 0 Å². The molecule has 1 aliphatic rings. The van der Waals surface area contributed by atoms with Crippen LogP contribution in [0.15, 0.2) is 40.9 Å². The molecule has 0 atom stereocenters. The van der Waals surface area contributed by atoms with Gasteiger partial charge in [0.2, 0.25) is 0 Å². The van der Waals surface area contributed by atoms with Crippen LogP contribution in [0.3, 0.4) is 0 Å². The molecule has 0 spiro atoms. The van der Waals surface area contributed by atoms with Gasteiger partial charge in [0.1, 0.15) is 0 Å². The van der Waals surface area contributed by atoms with Crippen LogP contribution in [-0.2, 0) is 11.8 Å². The van der Waals surface area contributed by atoms with Crippen LogP contribution in [0.4, 0.5) is 0 Å². The van der Waals surface area contributed by atoms with Crippen molar-refractivity contribution >= 4 is 15.9 Å². The number of hydrogen-bond acceptors (Lipinski definition) is 0. The van der Waals surface area contributed by atoms with Gasteiger partial charge in [0.15, 0.2) is 0 Å². The van der Waals surface area contributed by atoms with Gasteiger partial charge in [-0.05, 0) is 52.8 Å². The summed E-state index contributed by atoms with van der Waals surface area (Å²) < 4.78 is 1.18. The molecule has 0 bridgehead atoms. The predicted octanol–water partition coefficient (Wildman–Crippen LogP) is 7.66. The first-order valence-corrected chi connectivity index (χ1v) is 10.3. The number of halogens is 1. The second-order valence-electron chi connectivity index (χ2n) is 7.71. The zero-order chi connectivity index (χ0) is 17.2. The summed E-state index contributed by atoms with van der Waals surface area (Å²) in [5.41, 5.74) is 7.39. The molecule has 0 saturated carbocycles. The fourth-order valence-electron chi connectivity index (χ4n) is 4.02. The molecule has 0 aliphatic heterocycles. The summed E-state index contributed by atoms with van der Waals surface area (Å²) in [5, 5.41) is 0. The Morgan fingerprint density at radius 2 is 1.42 bits per heavy atom. The zero-order valence-electron chi connectivity index (χ0n) is 15.3. The van der Waals surface area contributed by atoms with Crippen LogP contribution in [0.2, 0.25) is 0 Å². The van der Waals surface area contributed by atoms with E-state index in [-0.39, 0.29) is 5.41 Å². The van der Waals surface area contributed by atoms with Gasteiger partial charge in [-0.2, -0.15) is 0 Å². The molecule has 0 unspecified atom stereocenters. The Labute approximate surface area is 155 Å². The normalized spacial score (nSPS) is 14.5. The average molecular weight is 385 g/mol. The minimum atomic E-state index is 0.103. The van der Waals surface area contributed by atoms with E-state index in [2.05, 4.69) is 73.1 Å². The van der Waals surface area contributed by atoms with Gasteiger partial charge in [-0.1, -0.05) is 93.1 Å². The highest BCUT2D eigenvalue weighted by atomic mass is 79.9. The van der Waals surface area contributed by atoms with Gasteiger partial charge in [0, 0.05) is 9.89 Å². The maximum atomic E-state index is 3.64. The molecular formula is C23H29Br. The fraction of sp³-hybridized carbons (Fsp3) is 0.478. The average Bonchev–Trinajstić information content (AvgIpc) is 2.78. The first-order valence-electron chi connectivity index (χ1n) is 9.48. The Morgan fingerprint density at radius 3 is 2.17 bits per heavy atom. The third-order valence-electron chi connectivity index (χ3n) is 5.52. The Hall–Kier alpha value is -1.08. The Bertz CT molecular complexity index is 712. The zero-order valence-corrected chi connectivity index (χ0v) is 16.9. The van der Waals surface area contributed by atoms with Gasteiger partial charge in [0.05, 0.1) is 0 Å². The number of unbranched alkanes of at least 4 members (excludes halogenated alkanes) is 5. The molecular weight excluding hydrogens is 356 g/mol. The molecule has 0 amide bonds. The van der Waals surface area contributed by atoms with Crippen LogP contribution >= 0.6 is 15.9 Å². The molecule has 1 heteroatoms. The summed E-state index contributed by atoms with van der Waals surface area (Å²) in [6.45, 7) is 7.00. The van der Waals surface area contributed by atoms with E-state index in [0.29, 0.717) is 0 Å². The van der Waals surface area contributed by atoms with Gasteiger partial charge in [-0.3, -0.25) is 0 Å². The first kappa shape index (κ1) is 17.7. The summed E-state index contributed by atoms with van der Waals surface area (Å²) in [6, 6.07) is 13.9. The monoisotopic (exact) mass is 384 g/mol. The summed E-state index contributed by atoms with van der Waals surface area (Å²) in [4.78, 5) is 0. The van der Waals surface area contributed by atoms with Crippen molar-refractivity contribution in [1.82, 2.24) is 0 Å². The van der Waals surface area contributed by atoms with Gasteiger partial charge >= 0.3 is 0 Å². The number of benzene rings is 2. The molecule has 0 radical (unpaired) electrons. The fourth-order valence-corrected chi connectivity index (χ4v) is 4.38. The highest BCUT2D eigenvalue weighted by Crippen LogP contribution is 2.49. The van der Waals surface area contributed by atoms with Crippen molar-refractivity contribution in [3.05, 3.63) is 57.6 Å². The molecule has 0 N–H and O–H groups in total. The molecule has 3 rings (SSSR count). The third kappa shape index (κ3) is 3.47. The third-order valence-corrected chi connectivity index (χ3v) is 6.01. The maximum Gasteiger partial charge on any atom is 0.0178 e. The second-order valence-corrected chi connectivity index (χ2v) is 8.63. The molecule has 128 valence electrons. The summed E-state index contributed by atoms with van der Waals surface area (Å²) >= 11 is 3.64. The smallest absolute Gasteiger partial charge is 0.0178 e. The van der Waals surface area contributed by atoms with E-state index in [1.165, 1.54) is 77.2 Å². The minimum Gasteiger partial charge on any atom is -0.0654 e. The van der Waals surface area contributed by atoms with Crippen molar-refractivity contribution in [2.24, 2.45) is 0 Å². The quantitative estimate of drug-likeness (QED) is 0.429. The van der Waals surface area contributed by atoms with Crippen LogP contribution in [0.5, 0.6) is 0 Å². The lowest BCUT2D eigenvalue weighted by Crippen LogP contribution is -2.15. The van der Waals surface area contributed by atoms with Crippen LogP contribution < -0.4 is 0 Å². The number of fused-ring (bicyclic) bond motifs is 3. The Balaban J connectivity index is 1.73. The van der Waals surface area contributed by atoms with Crippen molar-refractivity contribution < 1.29 is 0 Å². The summed E-state index contributed by atoms with van der Waals surface area (Å²) in [5.74, 6) is 0. The van der Waals surface area contributed by atoms with E-state index in [4.69, 9.17) is 0 Å². The van der Waals surface area contributed by atoms with Gasteiger partial charge in [-0.15, -0.1) is 0 Å². The Kier molecular flexibility index (Phi) is 5.49. The molecule has 0 saturated heterocycles. The van der Waals surface area contributed by atoms with Crippen molar-refractivity contribution in [3.63, 3.8) is 0 Å². The van der Waals surface area contributed by atoms with Crippen LogP contribution in [0.1, 0.15) is 76.0 Å². The predicted molar refractivity (Wildman–Crippen MR) is 109 cm³/mol. The lowest BCUT2D eigenvalue weighted by atomic mass is 9.82. The topological polar surface area (TPSA) is 0 Å². The molecule has 0 fully saturated rings. The van der Waals surface area contributed by atoms with Crippen LogP contribution in [0.25, 0.3) is 11.1 Å². The molecule has 24 heavy (non-hydrogen) atoms. The molecule has 2 aromatic rings. The number of rotatable bonds is 7. The molecule has 1 aliphatic carbocycles. The number of aryl methyl sites for hydroxylation is 1. The van der Waals surface area contributed by atoms with E-state index >= 15 is 0 Å². The number of hydrogen-bond donors (Lipinski definition) is 0. The maximum absolute atomic E-state index is 3.64. The molecule has 0 nitrogen and oxygen atoms in total. The van der Waals surface area contributed by atoms with E-state index in [1.54, 1.807) is 0 Å². The Morgan fingerprint density at radius 1 is 0.792 bits per heavy atom. The second kappa shape index (κ2) is 7.44. The van der Waals surface area contributed by atoms with Crippen LogP contribution in [-0.4, -0.2) is 0 Å². The lowest BCUT2D eigenvalue weighted by Gasteiger charge is -2.22. The van der Waals surface area contributed by atoms with Crippen molar-refractivity contribution in [1.29, 1.82) is 0 Å². The molecule has 0 aromatic heterocycles. The minimum absolute atomic E-state index is 0.103. The molecule has 0 heterocycles. The summed E-state index contributed by atoms with van der Waals surface area (Å²) in [6.07, 6.45) is 9.42. The standard InChI is InChI=1S/C23H29Br/c1-4-5-6-7-8-9-10-17-11-13-19-20-14-12-18(24)16-22(20)23(2,3)21(19)15-17/h11-16H,4-10H2,1-3H3. The highest BCUT2D eigenvalue weighted by Gasteiger charge is 2.35. The van der Waals surface area contributed by atoms with Gasteiger partial charge < -0.3 is 0 Å². The van der Waals surface area contributed by atoms with E-state index in [9.17, 15) is 0 Å². The van der Waals surface area contributed by atoms with Gasteiger partial charge in [-0.25, -0.2) is 0 Å². The van der Waals surface area contributed by atoms with E-state index in [0.717, 1.165) is 0 Å². The highest BCUT2D eigenvalue weighted by molar-refractivity contribution is 9.10. The van der Waals surface area contributed by atoms with E-state index in [1.807, 2.05) is 0 Å². The van der Waals surface area contributed by atoms with Crippen molar-refractivity contribution in [2.45, 2.75) is 71.1 Å². The lowest BCUT2D eigenvalue weighted by molar-refractivity contribution is 0.606. The van der Waals surface area contributed by atoms with Crippen molar-refractivity contribution in [2.75, 3.05) is 0 Å². The largest absolute Gasteiger partial charge is 0.0654 e. The van der Waals surface area contributed by atoms with Crippen molar-refractivity contribution in [3.8, 4) is 11.1 Å². The first-order chi connectivity index (χ1) is 11.5.